The third kappa shape index (κ3) is 3.09. The van der Waals surface area contributed by atoms with Crippen molar-refractivity contribution in [3.8, 4) is 0 Å². The van der Waals surface area contributed by atoms with Crippen molar-refractivity contribution in [3.63, 3.8) is 0 Å². The van der Waals surface area contributed by atoms with E-state index < -0.39 is 17.5 Å². The Labute approximate surface area is 114 Å². The van der Waals surface area contributed by atoms with Crippen LogP contribution in [0.5, 0.6) is 0 Å². The average molecular weight is 282 g/mol. The largest absolute Gasteiger partial charge is 0.322 e. The molecule has 2 nitrogen and oxygen atoms in total. The second-order valence-corrected chi connectivity index (χ2v) is 4.47. The zero-order valence-electron chi connectivity index (χ0n) is 10.0. The molecule has 0 saturated heterocycles. The summed E-state index contributed by atoms with van der Waals surface area (Å²) in [5.41, 5.74) is 1.37. The normalized spacial score (nSPS) is 10.3. The Kier molecular flexibility index (Phi) is 3.81. The molecule has 0 spiro atoms. The molecule has 0 saturated carbocycles. The van der Waals surface area contributed by atoms with Gasteiger partial charge < -0.3 is 5.32 Å². The van der Waals surface area contributed by atoms with Crippen LogP contribution in [0, 0.1) is 18.6 Å². The van der Waals surface area contributed by atoms with Gasteiger partial charge in [-0.2, -0.15) is 0 Å². The number of amides is 1. The lowest BCUT2D eigenvalue weighted by atomic mass is 10.1. The van der Waals surface area contributed by atoms with Gasteiger partial charge in [0.05, 0.1) is 10.6 Å². The molecular weight excluding hydrogens is 272 g/mol. The molecule has 1 amide bonds. The number of nitrogens with one attached hydrogen (secondary N) is 1. The second-order valence-electron chi connectivity index (χ2n) is 4.07. The number of carbonyl (C=O) groups is 1. The summed E-state index contributed by atoms with van der Waals surface area (Å²) in [6.45, 7) is 1.85. The number of hydrogen-bond acceptors (Lipinski definition) is 1. The molecular formula is C14H10ClF2NO. The summed E-state index contributed by atoms with van der Waals surface area (Å²) in [4.78, 5) is 11.9. The molecule has 1 N–H and O–H groups in total. The van der Waals surface area contributed by atoms with Gasteiger partial charge in [-0.05, 0) is 36.8 Å². The fourth-order valence-corrected chi connectivity index (χ4v) is 1.90. The summed E-state index contributed by atoms with van der Waals surface area (Å²) >= 11 is 5.95. The summed E-state index contributed by atoms with van der Waals surface area (Å²) in [5, 5.41) is 2.76. The lowest BCUT2D eigenvalue weighted by Gasteiger charge is -2.07. The molecule has 0 heterocycles. The van der Waals surface area contributed by atoms with Crippen LogP contribution in [0.1, 0.15) is 15.9 Å². The molecule has 98 valence electrons. The first kappa shape index (κ1) is 13.5. The van der Waals surface area contributed by atoms with Crippen molar-refractivity contribution in [1.29, 1.82) is 0 Å². The minimum Gasteiger partial charge on any atom is -0.322 e. The Bertz CT molecular complexity index is 643. The van der Waals surface area contributed by atoms with Crippen LogP contribution in [-0.4, -0.2) is 5.91 Å². The van der Waals surface area contributed by atoms with E-state index in [1.54, 1.807) is 18.2 Å². The Morgan fingerprint density at radius 2 is 1.84 bits per heavy atom. The van der Waals surface area contributed by atoms with Gasteiger partial charge in [-0.15, -0.1) is 0 Å². The van der Waals surface area contributed by atoms with Crippen LogP contribution in [0.3, 0.4) is 0 Å². The summed E-state index contributed by atoms with van der Waals surface area (Å²) < 4.78 is 25.8. The van der Waals surface area contributed by atoms with Crippen molar-refractivity contribution in [2.24, 2.45) is 0 Å². The number of rotatable bonds is 2. The SMILES string of the molecule is Cc1ccc(C(=O)Nc2ccc(F)c(F)c2)c(Cl)c1. The Hall–Kier alpha value is -1.94. The molecule has 0 radical (unpaired) electrons. The van der Waals surface area contributed by atoms with Crippen LogP contribution in [0.15, 0.2) is 36.4 Å². The molecule has 2 aromatic rings. The van der Waals surface area contributed by atoms with Crippen LogP contribution in [0.4, 0.5) is 14.5 Å². The van der Waals surface area contributed by atoms with E-state index in [0.717, 1.165) is 17.7 Å². The number of carbonyl (C=O) groups excluding carboxylic acids is 1. The topological polar surface area (TPSA) is 29.1 Å². The van der Waals surface area contributed by atoms with Crippen LogP contribution >= 0.6 is 11.6 Å². The van der Waals surface area contributed by atoms with Crippen LogP contribution in [0.25, 0.3) is 0 Å². The van der Waals surface area contributed by atoms with Gasteiger partial charge >= 0.3 is 0 Å². The quantitative estimate of drug-likeness (QED) is 0.879. The van der Waals surface area contributed by atoms with E-state index in [0.29, 0.717) is 5.02 Å². The van der Waals surface area contributed by atoms with Crippen LogP contribution < -0.4 is 5.32 Å². The summed E-state index contributed by atoms with van der Waals surface area (Å²) in [6.07, 6.45) is 0. The van der Waals surface area contributed by atoms with Gasteiger partial charge in [-0.25, -0.2) is 8.78 Å². The van der Waals surface area contributed by atoms with Gasteiger partial charge in [0.1, 0.15) is 0 Å². The van der Waals surface area contributed by atoms with Gasteiger partial charge in [0.25, 0.3) is 5.91 Å². The van der Waals surface area contributed by atoms with Crippen molar-refractivity contribution in [2.75, 3.05) is 5.32 Å². The van der Waals surface area contributed by atoms with E-state index >= 15 is 0 Å². The minimum absolute atomic E-state index is 0.167. The number of benzene rings is 2. The first-order valence-corrected chi connectivity index (χ1v) is 5.88. The van der Waals surface area contributed by atoms with Gasteiger partial charge in [-0.3, -0.25) is 4.79 Å². The van der Waals surface area contributed by atoms with E-state index in [9.17, 15) is 13.6 Å². The number of aryl methyl sites for hydroxylation is 1. The molecule has 0 unspecified atom stereocenters. The highest BCUT2D eigenvalue weighted by atomic mass is 35.5. The summed E-state index contributed by atoms with van der Waals surface area (Å²) in [6, 6.07) is 8.11. The van der Waals surface area contributed by atoms with E-state index in [4.69, 9.17) is 11.6 Å². The number of halogens is 3. The van der Waals surface area contributed by atoms with Gasteiger partial charge in [0.15, 0.2) is 11.6 Å². The maximum atomic E-state index is 13.0. The third-order valence-electron chi connectivity index (χ3n) is 2.55. The van der Waals surface area contributed by atoms with Crippen molar-refractivity contribution in [2.45, 2.75) is 6.92 Å². The highest BCUT2D eigenvalue weighted by Gasteiger charge is 2.11. The maximum absolute atomic E-state index is 13.0. The Balaban J connectivity index is 2.23. The highest BCUT2D eigenvalue weighted by Crippen LogP contribution is 2.20. The molecule has 0 fully saturated rings. The lowest BCUT2D eigenvalue weighted by Crippen LogP contribution is -2.12. The highest BCUT2D eigenvalue weighted by molar-refractivity contribution is 6.34. The second kappa shape index (κ2) is 5.36. The van der Waals surface area contributed by atoms with Gasteiger partial charge in [0, 0.05) is 11.8 Å². The zero-order chi connectivity index (χ0) is 14.0. The maximum Gasteiger partial charge on any atom is 0.257 e. The molecule has 0 aliphatic carbocycles. The predicted molar refractivity (Wildman–Crippen MR) is 70.5 cm³/mol. The van der Waals surface area contributed by atoms with Crippen LogP contribution in [-0.2, 0) is 0 Å². The molecule has 0 aliphatic heterocycles. The minimum atomic E-state index is -1.02. The monoisotopic (exact) mass is 281 g/mol. The van der Waals surface area contributed by atoms with Crippen LogP contribution in [0.2, 0.25) is 5.02 Å². The first-order chi connectivity index (χ1) is 8.97. The van der Waals surface area contributed by atoms with E-state index in [1.807, 2.05) is 6.92 Å². The smallest absolute Gasteiger partial charge is 0.257 e. The first-order valence-electron chi connectivity index (χ1n) is 5.50. The van der Waals surface area contributed by atoms with E-state index in [1.165, 1.54) is 6.07 Å². The molecule has 0 aliphatic rings. The van der Waals surface area contributed by atoms with Crippen molar-refractivity contribution < 1.29 is 13.6 Å². The Morgan fingerprint density at radius 3 is 2.47 bits per heavy atom. The third-order valence-corrected chi connectivity index (χ3v) is 2.86. The molecule has 0 atom stereocenters. The molecule has 0 aromatic heterocycles. The average Bonchev–Trinajstić information content (AvgIpc) is 2.33. The molecule has 2 aromatic carbocycles. The van der Waals surface area contributed by atoms with Gasteiger partial charge in [-0.1, -0.05) is 17.7 Å². The fraction of sp³-hybridized carbons (Fsp3) is 0.0714. The summed E-state index contributed by atoms with van der Waals surface area (Å²) in [7, 11) is 0. The summed E-state index contributed by atoms with van der Waals surface area (Å²) in [5.74, 6) is -2.46. The molecule has 0 bridgehead atoms. The fourth-order valence-electron chi connectivity index (χ4n) is 1.58. The van der Waals surface area contributed by atoms with E-state index in [-0.39, 0.29) is 11.3 Å². The van der Waals surface area contributed by atoms with Crippen molar-refractivity contribution in [3.05, 3.63) is 64.2 Å². The number of anilines is 1. The predicted octanol–water partition coefficient (Wildman–Crippen LogP) is 4.18. The lowest BCUT2D eigenvalue weighted by molar-refractivity contribution is 0.102. The van der Waals surface area contributed by atoms with Crippen molar-refractivity contribution in [1.82, 2.24) is 0 Å². The molecule has 5 heteroatoms. The van der Waals surface area contributed by atoms with Gasteiger partial charge in [0.2, 0.25) is 0 Å². The zero-order valence-corrected chi connectivity index (χ0v) is 10.8. The number of hydrogen-bond donors (Lipinski definition) is 1. The van der Waals surface area contributed by atoms with E-state index in [2.05, 4.69) is 5.32 Å². The van der Waals surface area contributed by atoms with Crippen molar-refractivity contribution >= 4 is 23.2 Å². The molecule has 2 rings (SSSR count). The molecule has 19 heavy (non-hydrogen) atoms. The Morgan fingerprint density at radius 1 is 1.11 bits per heavy atom. The standard InChI is InChI=1S/C14H10ClF2NO/c1-8-2-4-10(11(15)6-8)14(19)18-9-3-5-12(16)13(17)7-9/h2-7H,1H3,(H,18,19).